The third kappa shape index (κ3) is 20.0. The molecule has 0 heterocycles. The minimum Gasteiger partial charge on any atom is -0.466 e. The van der Waals surface area contributed by atoms with Crippen LogP contribution in [0.2, 0.25) is 0 Å². The molecule has 0 aliphatic rings. The molecule has 0 saturated carbocycles. The van der Waals surface area contributed by atoms with Crippen LogP contribution in [-0.4, -0.2) is 12.6 Å². The monoisotopic (exact) mass is 382 g/mol. The van der Waals surface area contributed by atoms with Crippen molar-refractivity contribution in [3.8, 4) is 0 Å². The van der Waals surface area contributed by atoms with Gasteiger partial charge in [-0.2, -0.15) is 0 Å². The first-order chi connectivity index (χ1) is 12.7. The summed E-state index contributed by atoms with van der Waals surface area (Å²) < 4.78 is 5.07. The highest BCUT2D eigenvalue weighted by Crippen LogP contribution is 2.28. The molecule has 0 aromatic carbocycles. The Morgan fingerprint density at radius 2 is 1.00 bits per heavy atom. The van der Waals surface area contributed by atoms with Gasteiger partial charge in [-0.3, -0.25) is 4.79 Å². The lowest BCUT2D eigenvalue weighted by Crippen LogP contribution is -2.18. The maximum atomic E-state index is 11.6. The van der Waals surface area contributed by atoms with Gasteiger partial charge in [-0.25, -0.2) is 0 Å². The quantitative estimate of drug-likeness (QED) is 0.186. The number of hydrogen-bond donors (Lipinski definition) is 0. The highest BCUT2D eigenvalue weighted by atomic mass is 16.5. The Kier molecular flexibility index (Phi) is 15.1. The number of carbonyl (C=O) groups is 1. The van der Waals surface area contributed by atoms with E-state index < -0.39 is 0 Å². The van der Waals surface area contributed by atoms with Crippen LogP contribution in [0.5, 0.6) is 0 Å². The van der Waals surface area contributed by atoms with Gasteiger partial charge in [-0.1, -0.05) is 112 Å². The molecule has 0 aromatic heterocycles. The van der Waals surface area contributed by atoms with Crippen molar-refractivity contribution in [2.45, 2.75) is 138 Å². The molecule has 0 N–H and O–H groups in total. The summed E-state index contributed by atoms with van der Waals surface area (Å²) in [5.41, 5.74) is 0.593. The smallest absolute Gasteiger partial charge is 0.306 e. The van der Waals surface area contributed by atoms with Gasteiger partial charge < -0.3 is 4.74 Å². The third-order valence-corrected chi connectivity index (χ3v) is 5.46. The Morgan fingerprint density at radius 1 is 0.630 bits per heavy atom. The van der Waals surface area contributed by atoms with E-state index in [1.54, 1.807) is 0 Å². The average Bonchev–Trinajstić information content (AvgIpc) is 2.53. The molecule has 0 aliphatic carbocycles. The van der Waals surface area contributed by atoms with E-state index in [2.05, 4.69) is 34.6 Å². The second-order valence-electron chi connectivity index (χ2n) is 10.4. The summed E-state index contributed by atoms with van der Waals surface area (Å²) >= 11 is 0. The largest absolute Gasteiger partial charge is 0.466 e. The zero-order valence-corrected chi connectivity index (χ0v) is 19.6. The zero-order valence-electron chi connectivity index (χ0n) is 19.6. The van der Waals surface area contributed by atoms with Gasteiger partial charge >= 0.3 is 5.97 Å². The van der Waals surface area contributed by atoms with E-state index >= 15 is 0 Å². The minimum absolute atomic E-state index is 0.0447. The Balaban J connectivity index is 3.34. The molecule has 2 heteroatoms. The molecule has 0 aromatic rings. The molecule has 0 unspecified atom stereocenters. The molecular formula is C25H50O2. The molecule has 0 saturated heterocycles. The molecular weight excluding hydrogens is 332 g/mol. The standard InChI is InChI=1S/C25H50O2/c1-7-27-23(26)22-25(5,6)21-19-17-15-13-11-9-8-10-12-14-16-18-20-24(2,3)4/h7-22H2,1-6H3. The molecule has 0 radical (unpaired) electrons. The number of rotatable bonds is 17. The molecule has 27 heavy (non-hydrogen) atoms. The van der Waals surface area contributed by atoms with Gasteiger partial charge in [0.15, 0.2) is 0 Å². The summed E-state index contributed by atoms with van der Waals surface area (Å²) in [6, 6.07) is 0. The van der Waals surface area contributed by atoms with Gasteiger partial charge in [-0.15, -0.1) is 0 Å². The van der Waals surface area contributed by atoms with Gasteiger partial charge in [0.1, 0.15) is 0 Å². The summed E-state index contributed by atoms with van der Waals surface area (Å²) in [7, 11) is 0. The Labute approximate surface area is 171 Å². The first-order valence-electron chi connectivity index (χ1n) is 11.8. The van der Waals surface area contributed by atoms with E-state index in [0.717, 1.165) is 6.42 Å². The van der Waals surface area contributed by atoms with Crippen molar-refractivity contribution >= 4 is 5.97 Å². The fourth-order valence-electron chi connectivity index (χ4n) is 3.72. The molecule has 0 aliphatic heterocycles. The summed E-state index contributed by atoms with van der Waals surface area (Å²) in [4.78, 5) is 11.6. The SMILES string of the molecule is CCOC(=O)CC(C)(C)CCCCCCCCCCCCCCC(C)(C)C. The molecule has 0 amide bonds. The van der Waals surface area contributed by atoms with E-state index in [1.807, 2.05) is 6.92 Å². The fourth-order valence-corrected chi connectivity index (χ4v) is 3.72. The predicted molar refractivity (Wildman–Crippen MR) is 119 cm³/mol. The number of carbonyl (C=O) groups excluding carboxylic acids is 1. The molecule has 0 spiro atoms. The van der Waals surface area contributed by atoms with Crippen LogP contribution in [0.3, 0.4) is 0 Å². The predicted octanol–water partition coefficient (Wildman–Crippen LogP) is 8.47. The summed E-state index contributed by atoms with van der Waals surface area (Å²) in [5.74, 6) is -0.0447. The van der Waals surface area contributed by atoms with E-state index in [-0.39, 0.29) is 11.4 Å². The molecule has 0 bridgehead atoms. The molecule has 0 atom stereocenters. The molecule has 2 nitrogen and oxygen atoms in total. The van der Waals surface area contributed by atoms with Crippen molar-refractivity contribution in [2.24, 2.45) is 10.8 Å². The molecule has 162 valence electrons. The fraction of sp³-hybridized carbons (Fsp3) is 0.960. The zero-order chi connectivity index (χ0) is 20.6. The van der Waals surface area contributed by atoms with E-state index in [4.69, 9.17) is 4.74 Å². The first-order valence-corrected chi connectivity index (χ1v) is 11.8. The van der Waals surface area contributed by atoms with Crippen LogP contribution in [-0.2, 0) is 9.53 Å². The van der Waals surface area contributed by atoms with Crippen LogP contribution < -0.4 is 0 Å². The summed E-state index contributed by atoms with van der Waals surface area (Å²) in [5, 5.41) is 0. The maximum Gasteiger partial charge on any atom is 0.306 e. The van der Waals surface area contributed by atoms with E-state index in [9.17, 15) is 4.79 Å². The first kappa shape index (κ1) is 26.5. The number of ether oxygens (including phenoxy) is 1. The summed E-state index contributed by atoms with van der Waals surface area (Å²) in [6.07, 6.45) is 19.7. The lowest BCUT2D eigenvalue weighted by Gasteiger charge is -2.23. The van der Waals surface area contributed by atoms with Crippen LogP contribution in [0.25, 0.3) is 0 Å². The number of hydrogen-bond acceptors (Lipinski definition) is 2. The maximum absolute atomic E-state index is 11.6. The highest BCUT2D eigenvalue weighted by Gasteiger charge is 2.22. The second kappa shape index (κ2) is 15.4. The Hall–Kier alpha value is -0.530. The van der Waals surface area contributed by atoms with Crippen molar-refractivity contribution in [1.29, 1.82) is 0 Å². The van der Waals surface area contributed by atoms with E-state index in [1.165, 1.54) is 83.5 Å². The second-order valence-corrected chi connectivity index (χ2v) is 10.4. The summed E-state index contributed by atoms with van der Waals surface area (Å²) in [6.45, 7) is 13.8. The Bertz CT molecular complexity index is 352. The number of esters is 1. The normalized spacial score (nSPS) is 12.4. The van der Waals surface area contributed by atoms with Gasteiger partial charge in [0, 0.05) is 0 Å². The van der Waals surface area contributed by atoms with Crippen LogP contribution >= 0.6 is 0 Å². The van der Waals surface area contributed by atoms with Gasteiger partial charge in [0.25, 0.3) is 0 Å². The molecule has 0 fully saturated rings. The van der Waals surface area contributed by atoms with Crippen molar-refractivity contribution < 1.29 is 9.53 Å². The highest BCUT2D eigenvalue weighted by molar-refractivity contribution is 5.70. The van der Waals surface area contributed by atoms with Crippen LogP contribution in [0.4, 0.5) is 0 Å². The van der Waals surface area contributed by atoms with E-state index in [0.29, 0.717) is 18.4 Å². The van der Waals surface area contributed by atoms with Crippen molar-refractivity contribution in [1.82, 2.24) is 0 Å². The minimum atomic E-state index is -0.0447. The van der Waals surface area contributed by atoms with Crippen LogP contribution in [0, 0.1) is 10.8 Å². The van der Waals surface area contributed by atoms with Gasteiger partial charge in [0.2, 0.25) is 0 Å². The van der Waals surface area contributed by atoms with Crippen molar-refractivity contribution in [3.05, 3.63) is 0 Å². The van der Waals surface area contributed by atoms with Crippen molar-refractivity contribution in [2.75, 3.05) is 6.61 Å². The van der Waals surface area contributed by atoms with Crippen LogP contribution in [0.1, 0.15) is 138 Å². The van der Waals surface area contributed by atoms with Crippen molar-refractivity contribution in [3.63, 3.8) is 0 Å². The van der Waals surface area contributed by atoms with Crippen LogP contribution in [0.15, 0.2) is 0 Å². The third-order valence-electron chi connectivity index (χ3n) is 5.46. The lowest BCUT2D eigenvalue weighted by molar-refractivity contribution is -0.145. The number of unbranched alkanes of at least 4 members (excludes halogenated alkanes) is 11. The molecule has 0 rings (SSSR count). The average molecular weight is 383 g/mol. The topological polar surface area (TPSA) is 26.3 Å². The van der Waals surface area contributed by atoms with Gasteiger partial charge in [0.05, 0.1) is 13.0 Å². The lowest BCUT2D eigenvalue weighted by atomic mass is 9.83. The van der Waals surface area contributed by atoms with Gasteiger partial charge in [-0.05, 0) is 30.6 Å². The Morgan fingerprint density at radius 3 is 1.37 bits per heavy atom.